The molecule has 2 rings (SSSR count). The van der Waals surface area contributed by atoms with Crippen molar-refractivity contribution < 1.29 is 13.9 Å². The molecule has 0 aliphatic heterocycles. The zero-order valence-electron chi connectivity index (χ0n) is 13.5. The predicted octanol–water partition coefficient (Wildman–Crippen LogP) is 2.89. The zero-order valence-corrected chi connectivity index (χ0v) is 13.5. The molecule has 0 atom stereocenters. The number of hydrogen-bond donors (Lipinski definition) is 2. The molecule has 0 saturated heterocycles. The number of benzene rings is 1. The van der Waals surface area contributed by atoms with Crippen molar-refractivity contribution in [1.29, 1.82) is 0 Å². The summed E-state index contributed by atoms with van der Waals surface area (Å²) >= 11 is 0. The third-order valence-electron chi connectivity index (χ3n) is 3.51. The van der Waals surface area contributed by atoms with Gasteiger partial charge in [-0.25, -0.2) is 0 Å². The molecule has 0 aliphatic rings. The van der Waals surface area contributed by atoms with Crippen LogP contribution in [0.2, 0.25) is 0 Å². The fraction of sp³-hybridized carbons (Fsp3) is 0.389. The van der Waals surface area contributed by atoms with Gasteiger partial charge in [-0.05, 0) is 36.6 Å². The Hall–Kier alpha value is -2.27. The molecule has 0 unspecified atom stereocenters. The first kappa shape index (κ1) is 17.1. The number of carbonyl (C=O) groups excluding carboxylic acids is 1. The van der Waals surface area contributed by atoms with E-state index >= 15 is 0 Å². The Bertz CT molecular complexity index is 605. The van der Waals surface area contributed by atoms with Gasteiger partial charge in [0.15, 0.2) is 0 Å². The molecule has 0 saturated carbocycles. The summed E-state index contributed by atoms with van der Waals surface area (Å²) in [6, 6.07) is 9.65. The van der Waals surface area contributed by atoms with E-state index in [0.717, 1.165) is 37.2 Å². The highest BCUT2D eigenvalue weighted by Gasteiger charge is 2.08. The first-order chi connectivity index (χ1) is 11.2. The van der Waals surface area contributed by atoms with E-state index in [9.17, 15) is 4.79 Å². The monoisotopic (exact) mass is 316 g/mol. The summed E-state index contributed by atoms with van der Waals surface area (Å²) in [5.41, 5.74) is 7.11. The Kier molecular flexibility index (Phi) is 6.69. The number of unbranched alkanes of at least 4 members (excludes halogenated alkanes) is 1. The Balaban J connectivity index is 1.74. The molecule has 1 aromatic carbocycles. The maximum Gasteiger partial charge on any atom is 0.254 e. The Morgan fingerprint density at radius 1 is 1.30 bits per heavy atom. The summed E-state index contributed by atoms with van der Waals surface area (Å²) < 4.78 is 10.8. The van der Waals surface area contributed by atoms with E-state index in [-0.39, 0.29) is 5.91 Å². The summed E-state index contributed by atoms with van der Waals surface area (Å²) in [6.45, 7) is 3.75. The van der Waals surface area contributed by atoms with Gasteiger partial charge >= 0.3 is 0 Å². The van der Waals surface area contributed by atoms with Crippen LogP contribution in [0.3, 0.4) is 0 Å². The van der Waals surface area contributed by atoms with E-state index in [4.69, 9.17) is 14.9 Å². The van der Waals surface area contributed by atoms with Crippen LogP contribution in [0.25, 0.3) is 0 Å². The highest BCUT2D eigenvalue weighted by molar-refractivity contribution is 5.93. The summed E-state index contributed by atoms with van der Waals surface area (Å²) in [6.07, 6.45) is 4.39. The minimum atomic E-state index is -0.145. The van der Waals surface area contributed by atoms with E-state index in [0.29, 0.717) is 24.4 Å². The Morgan fingerprint density at radius 2 is 2.09 bits per heavy atom. The summed E-state index contributed by atoms with van der Waals surface area (Å²) in [5, 5.41) is 2.87. The normalized spacial score (nSPS) is 10.5. The van der Waals surface area contributed by atoms with Crippen LogP contribution in [-0.2, 0) is 13.0 Å². The van der Waals surface area contributed by atoms with Crippen molar-refractivity contribution in [2.45, 2.75) is 32.7 Å². The second kappa shape index (κ2) is 9.00. The summed E-state index contributed by atoms with van der Waals surface area (Å²) in [7, 11) is 0. The smallest absolute Gasteiger partial charge is 0.254 e. The van der Waals surface area contributed by atoms with Gasteiger partial charge in [-0.15, -0.1) is 0 Å². The van der Waals surface area contributed by atoms with E-state index in [2.05, 4.69) is 12.2 Å². The molecule has 5 heteroatoms. The van der Waals surface area contributed by atoms with E-state index in [1.165, 1.54) is 6.26 Å². The lowest BCUT2D eigenvalue weighted by Gasteiger charge is -2.07. The molecule has 1 aromatic heterocycles. The number of amides is 1. The standard InChI is InChI=1S/C18H24N2O3/c1-2-3-10-22-16-6-4-14(5-7-16)8-9-20-18(21)15-11-17(12-19)23-13-15/h4-7,11,13H,2-3,8-10,12,19H2,1H3,(H,20,21). The number of carbonyl (C=O) groups is 1. The van der Waals surface area contributed by atoms with Gasteiger partial charge in [0.25, 0.3) is 5.91 Å². The van der Waals surface area contributed by atoms with Crippen LogP contribution in [0.1, 0.15) is 41.4 Å². The second-order valence-electron chi connectivity index (χ2n) is 5.36. The van der Waals surface area contributed by atoms with Crippen molar-refractivity contribution in [1.82, 2.24) is 5.32 Å². The number of nitrogens with two attached hydrogens (primary N) is 1. The van der Waals surface area contributed by atoms with E-state index in [1.54, 1.807) is 6.07 Å². The predicted molar refractivity (Wildman–Crippen MR) is 89.5 cm³/mol. The summed E-state index contributed by atoms with van der Waals surface area (Å²) in [4.78, 5) is 11.9. The quantitative estimate of drug-likeness (QED) is 0.697. The molecule has 0 bridgehead atoms. The number of hydrogen-bond acceptors (Lipinski definition) is 4. The Labute approximate surface area is 136 Å². The van der Waals surface area contributed by atoms with Crippen molar-refractivity contribution in [2.75, 3.05) is 13.2 Å². The van der Waals surface area contributed by atoms with E-state index < -0.39 is 0 Å². The molecule has 23 heavy (non-hydrogen) atoms. The number of ether oxygens (including phenoxy) is 1. The average molecular weight is 316 g/mol. The summed E-state index contributed by atoms with van der Waals surface area (Å²) in [5.74, 6) is 1.35. The van der Waals surface area contributed by atoms with Crippen molar-refractivity contribution in [2.24, 2.45) is 5.73 Å². The highest BCUT2D eigenvalue weighted by Crippen LogP contribution is 2.13. The van der Waals surface area contributed by atoms with Crippen molar-refractivity contribution in [3.8, 4) is 5.75 Å². The average Bonchev–Trinajstić information content (AvgIpc) is 3.06. The fourth-order valence-electron chi connectivity index (χ4n) is 2.12. The lowest BCUT2D eigenvalue weighted by Crippen LogP contribution is -2.25. The van der Waals surface area contributed by atoms with Crippen molar-refractivity contribution in [3.63, 3.8) is 0 Å². The van der Waals surface area contributed by atoms with E-state index in [1.807, 2.05) is 24.3 Å². The van der Waals surface area contributed by atoms with Gasteiger partial charge in [0.2, 0.25) is 0 Å². The van der Waals surface area contributed by atoms with Gasteiger partial charge < -0.3 is 20.2 Å². The van der Waals surface area contributed by atoms with Gasteiger partial charge in [-0.3, -0.25) is 4.79 Å². The van der Waals surface area contributed by atoms with Crippen LogP contribution in [0, 0.1) is 0 Å². The molecule has 0 radical (unpaired) electrons. The van der Waals surface area contributed by atoms with Crippen LogP contribution in [0.4, 0.5) is 0 Å². The molecule has 0 fully saturated rings. The molecule has 2 aromatic rings. The number of rotatable bonds is 9. The molecule has 3 N–H and O–H groups in total. The minimum Gasteiger partial charge on any atom is -0.494 e. The first-order valence-corrected chi connectivity index (χ1v) is 8.00. The zero-order chi connectivity index (χ0) is 16.5. The molecule has 1 heterocycles. The molecular formula is C18H24N2O3. The first-order valence-electron chi connectivity index (χ1n) is 8.00. The van der Waals surface area contributed by atoms with Crippen LogP contribution >= 0.6 is 0 Å². The van der Waals surface area contributed by atoms with Crippen molar-refractivity contribution >= 4 is 5.91 Å². The highest BCUT2D eigenvalue weighted by atomic mass is 16.5. The van der Waals surface area contributed by atoms with Gasteiger partial charge in [0.1, 0.15) is 17.8 Å². The lowest BCUT2D eigenvalue weighted by molar-refractivity contribution is 0.0953. The molecule has 124 valence electrons. The van der Waals surface area contributed by atoms with Gasteiger partial charge in [0.05, 0.1) is 18.7 Å². The largest absolute Gasteiger partial charge is 0.494 e. The third kappa shape index (κ3) is 5.45. The molecule has 0 spiro atoms. The van der Waals surface area contributed by atoms with Crippen molar-refractivity contribution in [3.05, 3.63) is 53.5 Å². The fourth-order valence-corrected chi connectivity index (χ4v) is 2.12. The topological polar surface area (TPSA) is 77.5 Å². The Morgan fingerprint density at radius 3 is 2.74 bits per heavy atom. The molecule has 1 amide bonds. The van der Waals surface area contributed by atoms with Gasteiger partial charge in [0, 0.05) is 6.54 Å². The number of furan rings is 1. The molecule has 5 nitrogen and oxygen atoms in total. The maximum absolute atomic E-state index is 11.9. The van der Waals surface area contributed by atoms with Gasteiger partial charge in [-0.1, -0.05) is 25.5 Å². The third-order valence-corrected chi connectivity index (χ3v) is 3.51. The maximum atomic E-state index is 11.9. The molecular weight excluding hydrogens is 292 g/mol. The molecule has 0 aliphatic carbocycles. The SMILES string of the molecule is CCCCOc1ccc(CCNC(=O)c2coc(CN)c2)cc1. The van der Waals surface area contributed by atoms with Crippen LogP contribution in [0.15, 0.2) is 41.0 Å². The van der Waals surface area contributed by atoms with Crippen LogP contribution < -0.4 is 15.8 Å². The van der Waals surface area contributed by atoms with Crippen LogP contribution in [0.5, 0.6) is 5.75 Å². The number of nitrogens with one attached hydrogen (secondary N) is 1. The van der Waals surface area contributed by atoms with Gasteiger partial charge in [-0.2, -0.15) is 0 Å². The lowest BCUT2D eigenvalue weighted by atomic mass is 10.1. The second-order valence-corrected chi connectivity index (χ2v) is 5.36. The van der Waals surface area contributed by atoms with Crippen LogP contribution in [-0.4, -0.2) is 19.1 Å². The minimum absolute atomic E-state index is 0.145.